The van der Waals surface area contributed by atoms with E-state index in [9.17, 15) is 9.90 Å². The number of esters is 1. The van der Waals surface area contributed by atoms with Gasteiger partial charge in [-0.1, -0.05) is 207 Å². The second-order valence-corrected chi connectivity index (χ2v) is 15.8. The lowest BCUT2D eigenvalue weighted by atomic mass is 10.1. The van der Waals surface area contributed by atoms with E-state index in [2.05, 4.69) is 123 Å². The van der Waals surface area contributed by atoms with Gasteiger partial charge in [0.25, 0.3) is 0 Å². The molecule has 0 aromatic carbocycles. The molecule has 0 spiro atoms. The van der Waals surface area contributed by atoms with Crippen molar-refractivity contribution in [2.24, 2.45) is 0 Å². The van der Waals surface area contributed by atoms with Crippen LogP contribution in [0.15, 0.2) is 109 Å². The standard InChI is InChI=1S/C55H92O4/c1-3-5-7-9-11-13-15-17-19-21-23-25-26-27-28-29-31-33-35-37-39-41-43-45-47-49-51-58-53-54(52-56)59-55(57)50-48-46-44-42-40-38-36-34-32-30-24-22-20-18-16-14-12-10-8-6-4-2/h5,7,11,13,16-19,22-25,27-28,31,33,37,39,54,56H,3-4,6,8-10,12,14-15,20-21,26,29-30,32,34-36,38,40-53H2,1-2H3/b7-5-,13-11-,18-16-,19-17-,24-22-,25-23-,28-27-,33-31-,39-37-. The number of hydrogen-bond donors (Lipinski definition) is 1. The van der Waals surface area contributed by atoms with Crippen molar-refractivity contribution in [2.45, 2.75) is 213 Å². The molecule has 0 amide bonds. The lowest BCUT2D eigenvalue weighted by Crippen LogP contribution is -2.27. The molecule has 0 heterocycles. The second kappa shape index (κ2) is 51.2. The molecule has 0 fully saturated rings. The molecular weight excluding hydrogens is 725 g/mol. The highest BCUT2D eigenvalue weighted by molar-refractivity contribution is 5.69. The van der Waals surface area contributed by atoms with Gasteiger partial charge in [-0.3, -0.25) is 4.79 Å². The van der Waals surface area contributed by atoms with E-state index in [1.54, 1.807) is 0 Å². The molecule has 0 aliphatic carbocycles. The minimum Gasteiger partial charge on any atom is -0.457 e. The molecule has 1 atom stereocenters. The van der Waals surface area contributed by atoms with Crippen molar-refractivity contribution in [3.8, 4) is 0 Å². The fraction of sp³-hybridized carbons (Fsp3) is 0.655. The van der Waals surface area contributed by atoms with Crippen LogP contribution in [0.25, 0.3) is 0 Å². The maximum absolute atomic E-state index is 12.3. The van der Waals surface area contributed by atoms with Crippen LogP contribution in [-0.2, 0) is 14.3 Å². The van der Waals surface area contributed by atoms with Crippen LogP contribution in [0.3, 0.4) is 0 Å². The van der Waals surface area contributed by atoms with Crippen LogP contribution in [0, 0.1) is 0 Å². The summed E-state index contributed by atoms with van der Waals surface area (Å²) in [6.07, 6.45) is 74.5. The predicted octanol–water partition coefficient (Wildman–Crippen LogP) is 16.7. The van der Waals surface area contributed by atoms with Crippen molar-refractivity contribution < 1.29 is 19.4 Å². The molecule has 0 aromatic heterocycles. The quantitative estimate of drug-likeness (QED) is 0.0378. The van der Waals surface area contributed by atoms with E-state index < -0.39 is 6.10 Å². The van der Waals surface area contributed by atoms with Crippen molar-refractivity contribution in [1.29, 1.82) is 0 Å². The van der Waals surface area contributed by atoms with E-state index in [0.29, 0.717) is 13.0 Å². The highest BCUT2D eigenvalue weighted by atomic mass is 16.6. The Balaban J connectivity index is 3.55. The predicted molar refractivity (Wildman–Crippen MR) is 260 cm³/mol. The van der Waals surface area contributed by atoms with E-state index in [-0.39, 0.29) is 19.2 Å². The lowest BCUT2D eigenvalue weighted by Gasteiger charge is -2.15. The molecule has 1 unspecified atom stereocenters. The van der Waals surface area contributed by atoms with Crippen LogP contribution in [-0.4, -0.2) is 37.0 Å². The molecule has 0 aliphatic rings. The van der Waals surface area contributed by atoms with Gasteiger partial charge < -0.3 is 14.6 Å². The highest BCUT2D eigenvalue weighted by Gasteiger charge is 2.13. The maximum Gasteiger partial charge on any atom is 0.306 e. The first-order valence-corrected chi connectivity index (χ1v) is 24.5. The summed E-state index contributed by atoms with van der Waals surface area (Å²) in [6, 6.07) is 0. The Bertz CT molecular complexity index is 1130. The number of carbonyl (C=O) groups is 1. The number of aliphatic hydroxyl groups is 1. The van der Waals surface area contributed by atoms with Crippen molar-refractivity contribution in [2.75, 3.05) is 19.8 Å². The van der Waals surface area contributed by atoms with Gasteiger partial charge in [-0.15, -0.1) is 0 Å². The van der Waals surface area contributed by atoms with Crippen LogP contribution in [0.4, 0.5) is 0 Å². The molecule has 336 valence electrons. The smallest absolute Gasteiger partial charge is 0.306 e. The largest absolute Gasteiger partial charge is 0.457 e. The topological polar surface area (TPSA) is 55.8 Å². The Labute approximate surface area is 365 Å². The number of rotatable bonds is 44. The normalized spacial score (nSPS) is 13.3. The Hall–Kier alpha value is -2.95. The first-order valence-electron chi connectivity index (χ1n) is 24.5. The Kier molecular flexibility index (Phi) is 48.6. The zero-order valence-electron chi connectivity index (χ0n) is 38.5. The number of ether oxygens (including phenoxy) is 2. The average molecular weight is 817 g/mol. The number of carbonyl (C=O) groups excluding carboxylic acids is 1. The molecule has 59 heavy (non-hydrogen) atoms. The molecule has 4 nitrogen and oxygen atoms in total. The third-order valence-electron chi connectivity index (χ3n) is 10.1. The molecule has 0 saturated carbocycles. The van der Waals surface area contributed by atoms with Gasteiger partial charge >= 0.3 is 5.97 Å². The minimum absolute atomic E-state index is 0.191. The van der Waals surface area contributed by atoms with Crippen molar-refractivity contribution >= 4 is 5.97 Å². The van der Waals surface area contributed by atoms with Gasteiger partial charge in [-0.2, -0.15) is 0 Å². The monoisotopic (exact) mass is 817 g/mol. The molecule has 0 radical (unpaired) electrons. The van der Waals surface area contributed by atoms with Crippen LogP contribution in [0.1, 0.15) is 206 Å². The van der Waals surface area contributed by atoms with Gasteiger partial charge in [0.05, 0.1) is 13.2 Å². The molecule has 0 saturated heterocycles. The fourth-order valence-corrected chi connectivity index (χ4v) is 6.46. The van der Waals surface area contributed by atoms with Gasteiger partial charge in [0, 0.05) is 13.0 Å². The van der Waals surface area contributed by atoms with Crippen molar-refractivity contribution in [1.82, 2.24) is 0 Å². The number of hydrogen-bond acceptors (Lipinski definition) is 4. The minimum atomic E-state index is -0.559. The summed E-state index contributed by atoms with van der Waals surface area (Å²) in [4.78, 5) is 12.3. The molecule has 0 aromatic rings. The molecule has 1 N–H and O–H groups in total. The zero-order chi connectivity index (χ0) is 42.6. The summed E-state index contributed by atoms with van der Waals surface area (Å²) in [5.41, 5.74) is 0. The first kappa shape index (κ1) is 56.0. The molecular formula is C55H92O4. The Morgan fingerprint density at radius 2 is 0.763 bits per heavy atom. The van der Waals surface area contributed by atoms with Crippen LogP contribution >= 0.6 is 0 Å². The highest BCUT2D eigenvalue weighted by Crippen LogP contribution is 2.13. The molecule has 4 heteroatoms. The maximum atomic E-state index is 12.3. The van der Waals surface area contributed by atoms with Crippen molar-refractivity contribution in [3.63, 3.8) is 0 Å². The Morgan fingerprint density at radius 1 is 0.424 bits per heavy atom. The van der Waals surface area contributed by atoms with E-state index in [0.717, 1.165) is 83.5 Å². The zero-order valence-corrected chi connectivity index (χ0v) is 38.5. The summed E-state index contributed by atoms with van der Waals surface area (Å²) >= 11 is 0. The van der Waals surface area contributed by atoms with Gasteiger partial charge in [0.15, 0.2) is 0 Å². The van der Waals surface area contributed by atoms with Gasteiger partial charge in [-0.05, 0) is 103 Å². The molecule has 0 rings (SSSR count). The summed E-state index contributed by atoms with van der Waals surface area (Å²) in [6.45, 7) is 5.15. The lowest BCUT2D eigenvalue weighted by molar-refractivity contribution is -0.154. The summed E-state index contributed by atoms with van der Waals surface area (Å²) in [5, 5.41) is 9.64. The summed E-state index contributed by atoms with van der Waals surface area (Å²) < 4.78 is 11.2. The molecule has 0 aliphatic heterocycles. The third-order valence-corrected chi connectivity index (χ3v) is 10.1. The second-order valence-electron chi connectivity index (χ2n) is 15.8. The van der Waals surface area contributed by atoms with Crippen molar-refractivity contribution in [3.05, 3.63) is 109 Å². The van der Waals surface area contributed by atoms with Crippen LogP contribution in [0.5, 0.6) is 0 Å². The van der Waals surface area contributed by atoms with Gasteiger partial charge in [0.1, 0.15) is 6.10 Å². The molecule has 0 bridgehead atoms. The average Bonchev–Trinajstić information content (AvgIpc) is 3.24. The number of allylic oxidation sites excluding steroid dienone is 18. The van der Waals surface area contributed by atoms with Crippen LogP contribution in [0.2, 0.25) is 0 Å². The van der Waals surface area contributed by atoms with Gasteiger partial charge in [0.2, 0.25) is 0 Å². The summed E-state index contributed by atoms with van der Waals surface area (Å²) in [5.74, 6) is -0.218. The van der Waals surface area contributed by atoms with E-state index in [1.165, 1.54) is 103 Å². The van der Waals surface area contributed by atoms with Gasteiger partial charge in [-0.25, -0.2) is 0 Å². The van der Waals surface area contributed by atoms with E-state index in [1.807, 2.05) is 0 Å². The number of unbranched alkanes of at least 4 members (excludes halogenated alkanes) is 18. The fourth-order valence-electron chi connectivity index (χ4n) is 6.46. The van der Waals surface area contributed by atoms with Crippen LogP contribution < -0.4 is 0 Å². The first-order chi connectivity index (χ1) is 29.2. The third kappa shape index (κ3) is 49.3. The summed E-state index contributed by atoms with van der Waals surface area (Å²) in [7, 11) is 0. The number of aliphatic hydroxyl groups excluding tert-OH is 1. The SMILES string of the molecule is CC/C=C\C/C=C\C/C=C\C/C=C\C/C=C\C/C=C\C/C=C\CCCCCCOCC(CO)OC(=O)CCCCCCCCCCC/C=C\C/C=C\CCCCCCC. The Morgan fingerprint density at radius 3 is 1.15 bits per heavy atom. The van der Waals surface area contributed by atoms with E-state index >= 15 is 0 Å². The van der Waals surface area contributed by atoms with E-state index in [4.69, 9.17) is 9.47 Å².